The Kier molecular flexibility index (Phi) is 9.24. The highest BCUT2D eigenvalue weighted by Crippen LogP contribution is 2.42. The van der Waals surface area contributed by atoms with E-state index in [1.165, 1.54) is 6.07 Å². The van der Waals surface area contributed by atoms with E-state index in [-0.39, 0.29) is 23.1 Å². The summed E-state index contributed by atoms with van der Waals surface area (Å²) in [4.78, 5) is 25.1. The molecule has 34 heavy (non-hydrogen) atoms. The summed E-state index contributed by atoms with van der Waals surface area (Å²) in [5.74, 6) is 1.30. The summed E-state index contributed by atoms with van der Waals surface area (Å²) < 4.78 is 24.1. The number of nitrogens with one attached hydrogen (secondary N) is 1. The molecule has 0 radical (unpaired) electrons. The van der Waals surface area contributed by atoms with Crippen LogP contribution in [0.2, 0.25) is 5.02 Å². The van der Waals surface area contributed by atoms with Gasteiger partial charge in [-0.3, -0.25) is 10.1 Å². The summed E-state index contributed by atoms with van der Waals surface area (Å²) in [6.07, 6.45) is 3.42. The lowest BCUT2D eigenvalue weighted by atomic mass is 10.0. The van der Waals surface area contributed by atoms with Gasteiger partial charge in [0.15, 0.2) is 0 Å². The molecule has 1 aliphatic heterocycles. The summed E-state index contributed by atoms with van der Waals surface area (Å²) in [6, 6.07) is 4.94. The van der Waals surface area contributed by atoms with Crippen LogP contribution in [0.1, 0.15) is 46.1 Å². The maximum atomic E-state index is 12.9. The minimum Gasteiger partial charge on any atom is -0.492 e. The van der Waals surface area contributed by atoms with Crippen LogP contribution in [0.25, 0.3) is 11.3 Å². The Morgan fingerprint density at radius 1 is 1.24 bits per heavy atom. The van der Waals surface area contributed by atoms with E-state index in [9.17, 15) is 9.59 Å². The lowest BCUT2D eigenvalue weighted by molar-refractivity contribution is 0.160. The minimum atomic E-state index is -0.643. The van der Waals surface area contributed by atoms with Crippen molar-refractivity contribution in [2.24, 2.45) is 5.92 Å². The Hall–Kier alpha value is -2.71. The zero-order valence-corrected chi connectivity index (χ0v) is 20.9. The molecule has 0 saturated heterocycles. The molecule has 0 bridgehead atoms. The molecule has 1 aromatic carbocycles. The number of methoxy groups -OCH3 is 1. The van der Waals surface area contributed by atoms with Gasteiger partial charge in [-0.05, 0) is 18.4 Å². The predicted octanol–water partition coefficient (Wildman–Crippen LogP) is 5.52. The van der Waals surface area contributed by atoms with Crippen molar-refractivity contribution in [2.75, 3.05) is 38.9 Å². The van der Waals surface area contributed by atoms with E-state index in [0.29, 0.717) is 54.2 Å². The van der Waals surface area contributed by atoms with E-state index >= 15 is 0 Å². The van der Waals surface area contributed by atoms with Crippen molar-refractivity contribution in [1.29, 1.82) is 0 Å². The molecule has 0 fully saturated rings. The maximum absolute atomic E-state index is 12.9. The van der Waals surface area contributed by atoms with E-state index in [4.69, 9.17) is 30.5 Å². The summed E-state index contributed by atoms with van der Waals surface area (Å²) in [7, 11) is 1.64. The number of benzene rings is 1. The Labute approximate surface area is 205 Å². The Morgan fingerprint density at radius 3 is 2.74 bits per heavy atom. The van der Waals surface area contributed by atoms with E-state index in [2.05, 4.69) is 19.2 Å². The number of ether oxygens (including phenoxy) is 4. The van der Waals surface area contributed by atoms with Gasteiger partial charge in [0, 0.05) is 44.0 Å². The second-order valence-electron chi connectivity index (χ2n) is 8.55. The van der Waals surface area contributed by atoms with Gasteiger partial charge in [0.1, 0.15) is 23.8 Å². The van der Waals surface area contributed by atoms with Gasteiger partial charge in [-0.15, -0.1) is 0 Å². The fraction of sp³-hybridized carbons (Fsp3) is 0.520. The molecule has 0 spiro atoms. The number of nitrogens with zero attached hydrogens (tertiary/aromatic N) is 1. The van der Waals surface area contributed by atoms with Crippen molar-refractivity contribution in [2.45, 2.75) is 46.1 Å². The number of hydrogen-bond acceptors (Lipinski definition) is 6. The van der Waals surface area contributed by atoms with Crippen LogP contribution >= 0.6 is 11.6 Å². The normalized spacial score (nSPS) is 14.6. The Morgan fingerprint density at radius 2 is 2.03 bits per heavy atom. The lowest BCUT2D eigenvalue weighted by Crippen LogP contribution is -2.26. The van der Waals surface area contributed by atoms with Gasteiger partial charge >= 0.3 is 6.09 Å². The summed E-state index contributed by atoms with van der Waals surface area (Å²) in [6.45, 7) is 7.90. The maximum Gasteiger partial charge on any atom is 0.411 e. The van der Waals surface area contributed by atoms with Gasteiger partial charge in [-0.1, -0.05) is 38.8 Å². The van der Waals surface area contributed by atoms with Gasteiger partial charge in [0.2, 0.25) is 5.43 Å². The van der Waals surface area contributed by atoms with E-state index in [1.54, 1.807) is 25.4 Å². The van der Waals surface area contributed by atoms with Gasteiger partial charge in [0.25, 0.3) is 0 Å². The molecule has 2 aromatic rings. The van der Waals surface area contributed by atoms with Crippen LogP contribution in [0.15, 0.2) is 29.2 Å². The second-order valence-corrected chi connectivity index (χ2v) is 8.96. The molecule has 0 saturated carbocycles. The fourth-order valence-electron chi connectivity index (χ4n) is 3.71. The number of carbonyl (C=O) groups excluding carboxylic acids is 1. The molecule has 1 atom stereocenters. The average molecular weight is 493 g/mol. The molecule has 9 heteroatoms. The molecule has 0 unspecified atom stereocenters. The molecule has 0 aliphatic carbocycles. The lowest BCUT2D eigenvalue weighted by Gasteiger charge is -2.25. The summed E-state index contributed by atoms with van der Waals surface area (Å²) in [5.41, 5.74) is 1.18. The first-order chi connectivity index (χ1) is 16.3. The fourth-order valence-corrected chi connectivity index (χ4v) is 3.93. The molecule has 3 rings (SSSR count). The number of halogens is 1. The highest BCUT2D eigenvalue weighted by molar-refractivity contribution is 6.32. The largest absolute Gasteiger partial charge is 0.492 e. The van der Waals surface area contributed by atoms with Crippen LogP contribution in [0.5, 0.6) is 11.5 Å². The number of fused-ring (bicyclic) bond motifs is 3. The molecule has 2 heterocycles. The number of rotatable bonds is 10. The first kappa shape index (κ1) is 25.9. The number of unbranched alkanes of at least 4 members (excludes halogenated alkanes) is 1. The molecular weight excluding hydrogens is 460 g/mol. The summed E-state index contributed by atoms with van der Waals surface area (Å²) in [5, 5.41) is 3.01. The third-order valence-electron chi connectivity index (χ3n) is 5.64. The predicted molar refractivity (Wildman–Crippen MR) is 132 cm³/mol. The van der Waals surface area contributed by atoms with E-state index in [1.807, 2.05) is 11.5 Å². The molecule has 1 aromatic heterocycles. The van der Waals surface area contributed by atoms with Crippen LogP contribution < -0.4 is 20.2 Å². The SMILES string of the molecule is CCCCOC(=O)Nc1cn2c(cc1=O)-c1cc(Cl)c(OCCCOC)cc1OC[C@H]2C(C)C. The smallest absolute Gasteiger partial charge is 0.411 e. The van der Waals surface area contributed by atoms with Crippen LogP contribution in [-0.2, 0) is 9.47 Å². The van der Waals surface area contributed by atoms with E-state index < -0.39 is 6.09 Å². The minimum absolute atomic E-state index is 0.0792. The quantitative estimate of drug-likeness (QED) is 0.439. The number of aromatic nitrogens is 1. The van der Waals surface area contributed by atoms with Crippen molar-refractivity contribution < 1.29 is 23.7 Å². The first-order valence-corrected chi connectivity index (χ1v) is 12.0. The highest BCUT2D eigenvalue weighted by atomic mass is 35.5. The van der Waals surface area contributed by atoms with Gasteiger partial charge in [-0.2, -0.15) is 0 Å². The van der Waals surface area contributed by atoms with Gasteiger partial charge < -0.3 is 23.5 Å². The number of hydrogen-bond donors (Lipinski definition) is 1. The molecular formula is C25H33ClN2O6. The van der Waals surface area contributed by atoms with Crippen molar-refractivity contribution in [3.05, 3.63) is 39.6 Å². The Bertz CT molecular complexity index is 1050. The third kappa shape index (κ3) is 6.24. The molecule has 1 aliphatic rings. The van der Waals surface area contributed by atoms with E-state index in [0.717, 1.165) is 19.3 Å². The van der Waals surface area contributed by atoms with Gasteiger partial charge in [0.05, 0.1) is 30.0 Å². The van der Waals surface area contributed by atoms with Crippen molar-refractivity contribution in [3.63, 3.8) is 0 Å². The first-order valence-electron chi connectivity index (χ1n) is 11.6. The highest BCUT2D eigenvalue weighted by Gasteiger charge is 2.27. The van der Waals surface area contributed by atoms with Gasteiger partial charge in [-0.25, -0.2) is 4.79 Å². The van der Waals surface area contributed by atoms with Crippen LogP contribution in [-0.4, -0.2) is 44.2 Å². The topological polar surface area (TPSA) is 88.0 Å². The van der Waals surface area contributed by atoms with Crippen LogP contribution in [0.4, 0.5) is 10.5 Å². The Balaban J connectivity index is 1.97. The monoisotopic (exact) mass is 492 g/mol. The van der Waals surface area contributed by atoms with Crippen molar-refractivity contribution in [3.8, 4) is 22.8 Å². The molecule has 1 amide bonds. The zero-order valence-electron chi connectivity index (χ0n) is 20.2. The molecule has 186 valence electrons. The second kappa shape index (κ2) is 12.1. The standard InChI is InChI=1S/C25H33ClN2O6/c1-5-6-9-33-25(30)27-19-14-28-20(12-22(19)29)17-11-18(26)24(32-10-7-8-31-4)13-23(17)34-15-21(28)16(2)3/h11-14,16,21H,5-10,15H2,1-4H3,(H,27,30)/t21-/m0/s1. The average Bonchev–Trinajstić information content (AvgIpc) is 2.94. The third-order valence-corrected chi connectivity index (χ3v) is 5.94. The molecule has 8 nitrogen and oxygen atoms in total. The van der Waals surface area contributed by atoms with Crippen LogP contribution in [0.3, 0.4) is 0 Å². The van der Waals surface area contributed by atoms with Crippen molar-refractivity contribution >= 4 is 23.4 Å². The number of anilines is 1. The number of carbonyl (C=O) groups is 1. The number of pyridine rings is 1. The summed E-state index contributed by atoms with van der Waals surface area (Å²) >= 11 is 6.52. The van der Waals surface area contributed by atoms with Crippen LogP contribution in [0, 0.1) is 5.92 Å². The number of amides is 1. The van der Waals surface area contributed by atoms with Crippen molar-refractivity contribution in [1.82, 2.24) is 4.57 Å². The molecule has 1 N–H and O–H groups in total. The zero-order chi connectivity index (χ0) is 24.7.